The van der Waals surface area contributed by atoms with Gasteiger partial charge in [0.1, 0.15) is 5.69 Å². The van der Waals surface area contributed by atoms with Crippen LogP contribution < -0.4 is 10.6 Å². The molecule has 1 aromatic heterocycles. The van der Waals surface area contributed by atoms with Crippen LogP contribution in [0.5, 0.6) is 0 Å². The smallest absolute Gasteiger partial charge is 0.270 e. The average molecular weight is 389 g/mol. The molecule has 0 spiro atoms. The summed E-state index contributed by atoms with van der Waals surface area (Å²) in [6.07, 6.45) is 5.74. The summed E-state index contributed by atoms with van der Waals surface area (Å²) in [5.41, 5.74) is 2.05. The van der Waals surface area contributed by atoms with E-state index >= 15 is 0 Å². The molecule has 3 rings (SSSR count). The van der Waals surface area contributed by atoms with Crippen LogP contribution >= 0.6 is 15.9 Å². The molecular weight excluding hydrogens is 368 g/mol. The fourth-order valence-electron chi connectivity index (χ4n) is 2.91. The summed E-state index contributed by atoms with van der Waals surface area (Å²) in [5, 5.41) is 6.25. The van der Waals surface area contributed by atoms with E-state index in [9.17, 15) is 4.79 Å². The van der Waals surface area contributed by atoms with Crippen LogP contribution in [0.4, 0.5) is 11.6 Å². The molecule has 2 N–H and O–H groups in total. The summed E-state index contributed by atoms with van der Waals surface area (Å²) in [7, 11) is 0. The van der Waals surface area contributed by atoms with E-state index in [2.05, 4.69) is 36.5 Å². The fraction of sp³-hybridized carbons (Fsp3) is 0.389. The normalized spacial score (nSPS) is 15.1. The van der Waals surface area contributed by atoms with Gasteiger partial charge < -0.3 is 10.6 Å². The zero-order valence-corrected chi connectivity index (χ0v) is 15.3. The highest BCUT2D eigenvalue weighted by Gasteiger charge is 2.18. The first-order valence-electron chi connectivity index (χ1n) is 8.29. The van der Waals surface area contributed by atoms with Gasteiger partial charge in [-0.15, -0.1) is 0 Å². The summed E-state index contributed by atoms with van der Waals surface area (Å²) < 4.78 is 1.01. The van der Waals surface area contributed by atoms with Crippen molar-refractivity contribution in [3.8, 4) is 0 Å². The zero-order valence-electron chi connectivity index (χ0n) is 13.7. The number of carbonyl (C=O) groups excluding carboxylic acids is 1. The maximum Gasteiger partial charge on any atom is 0.270 e. The monoisotopic (exact) mass is 388 g/mol. The number of aromatic nitrogens is 2. The second kappa shape index (κ2) is 7.75. The van der Waals surface area contributed by atoms with Crippen LogP contribution in [-0.2, 0) is 0 Å². The molecule has 1 aliphatic carbocycles. The topological polar surface area (TPSA) is 66.9 Å². The number of hydrogen-bond donors (Lipinski definition) is 2. The Labute approximate surface area is 150 Å². The Morgan fingerprint density at radius 3 is 2.54 bits per heavy atom. The highest BCUT2D eigenvalue weighted by Crippen LogP contribution is 2.19. The predicted octanol–water partition coefficient (Wildman–Crippen LogP) is 4.35. The first-order chi connectivity index (χ1) is 11.6. The molecule has 24 heavy (non-hydrogen) atoms. The largest absolute Gasteiger partial charge is 0.348 e. The first kappa shape index (κ1) is 16.9. The number of amides is 1. The highest BCUT2D eigenvalue weighted by atomic mass is 79.9. The third-order valence-corrected chi connectivity index (χ3v) is 4.66. The minimum absolute atomic E-state index is 0.119. The molecule has 1 saturated carbocycles. The minimum atomic E-state index is -0.119. The third kappa shape index (κ3) is 4.54. The lowest BCUT2D eigenvalue weighted by atomic mass is 9.95. The van der Waals surface area contributed by atoms with Crippen molar-refractivity contribution >= 4 is 33.5 Å². The summed E-state index contributed by atoms with van der Waals surface area (Å²) in [6, 6.07) is 9.73. The van der Waals surface area contributed by atoms with Crippen LogP contribution in [-0.4, -0.2) is 21.9 Å². The maximum absolute atomic E-state index is 12.5. The number of rotatable bonds is 4. The SMILES string of the molecule is Cc1cc(C(=O)NC2CCCCC2)nc(Nc2ccc(Br)cc2)n1. The quantitative estimate of drug-likeness (QED) is 0.816. The number of nitrogens with zero attached hydrogens (tertiary/aromatic N) is 2. The third-order valence-electron chi connectivity index (χ3n) is 4.13. The molecule has 1 fully saturated rings. The molecule has 1 aromatic carbocycles. The lowest BCUT2D eigenvalue weighted by Crippen LogP contribution is -2.36. The Hall–Kier alpha value is -1.95. The molecule has 6 heteroatoms. The van der Waals surface area contributed by atoms with E-state index in [1.165, 1.54) is 19.3 Å². The van der Waals surface area contributed by atoms with Crippen molar-refractivity contribution < 1.29 is 4.79 Å². The second-order valence-corrected chi connectivity index (χ2v) is 7.07. The number of nitrogens with one attached hydrogen (secondary N) is 2. The number of halogens is 1. The van der Waals surface area contributed by atoms with Gasteiger partial charge in [0.15, 0.2) is 0 Å². The summed E-state index contributed by atoms with van der Waals surface area (Å²) in [4.78, 5) is 21.2. The summed E-state index contributed by atoms with van der Waals surface area (Å²) in [5.74, 6) is 0.317. The maximum atomic E-state index is 12.5. The van der Waals surface area contributed by atoms with Gasteiger partial charge in [0.25, 0.3) is 5.91 Å². The Morgan fingerprint density at radius 1 is 1.12 bits per heavy atom. The van der Waals surface area contributed by atoms with Gasteiger partial charge in [0, 0.05) is 21.9 Å². The highest BCUT2D eigenvalue weighted by molar-refractivity contribution is 9.10. The van der Waals surface area contributed by atoms with Crippen molar-refractivity contribution in [2.24, 2.45) is 0 Å². The Morgan fingerprint density at radius 2 is 1.83 bits per heavy atom. The molecule has 0 unspecified atom stereocenters. The first-order valence-corrected chi connectivity index (χ1v) is 9.08. The molecule has 0 radical (unpaired) electrons. The number of aryl methyl sites for hydroxylation is 1. The molecule has 0 saturated heterocycles. The molecule has 2 aromatic rings. The van der Waals surface area contributed by atoms with E-state index in [0.717, 1.165) is 28.7 Å². The predicted molar refractivity (Wildman–Crippen MR) is 98.5 cm³/mol. The van der Waals surface area contributed by atoms with Gasteiger partial charge in [0.2, 0.25) is 5.95 Å². The standard InChI is InChI=1S/C18H21BrN4O/c1-12-11-16(17(24)21-14-5-3-2-4-6-14)23-18(20-12)22-15-9-7-13(19)8-10-15/h7-11,14H,2-6H2,1H3,(H,21,24)(H,20,22,23). The van der Waals surface area contributed by atoms with E-state index in [1.807, 2.05) is 31.2 Å². The van der Waals surface area contributed by atoms with E-state index < -0.39 is 0 Å². The lowest BCUT2D eigenvalue weighted by Gasteiger charge is -2.22. The van der Waals surface area contributed by atoms with E-state index in [4.69, 9.17) is 0 Å². The lowest BCUT2D eigenvalue weighted by molar-refractivity contribution is 0.0922. The van der Waals surface area contributed by atoms with Crippen molar-refractivity contribution in [3.05, 3.63) is 46.2 Å². The number of anilines is 2. The van der Waals surface area contributed by atoms with E-state index in [-0.39, 0.29) is 11.9 Å². The van der Waals surface area contributed by atoms with Crippen LogP contribution in [0.25, 0.3) is 0 Å². The van der Waals surface area contributed by atoms with Crippen molar-refractivity contribution in [2.75, 3.05) is 5.32 Å². The van der Waals surface area contributed by atoms with Gasteiger partial charge in [-0.05, 0) is 50.1 Å². The molecule has 1 heterocycles. The number of carbonyl (C=O) groups is 1. The molecule has 0 aliphatic heterocycles. The molecule has 0 bridgehead atoms. The van der Waals surface area contributed by atoms with Crippen LogP contribution in [0.15, 0.2) is 34.8 Å². The van der Waals surface area contributed by atoms with Crippen molar-refractivity contribution in [1.82, 2.24) is 15.3 Å². The van der Waals surface area contributed by atoms with Crippen LogP contribution in [0.2, 0.25) is 0 Å². The van der Waals surface area contributed by atoms with Gasteiger partial charge in [-0.1, -0.05) is 35.2 Å². The molecule has 1 aliphatic rings. The number of hydrogen-bond acceptors (Lipinski definition) is 4. The van der Waals surface area contributed by atoms with Crippen molar-refractivity contribution in [3.63, 3.8) is 0 Å². The van der Waals surface area contributed by atoms with E-state index in [0.29, 0.717) is 11.6 Å². The molecule has 0 atom stereocenters. The molecule has 126 valence electrons. The Balaban J connectivity index is 1.72. The van der Waals surface area contributed by atoms with Gasteiger partial charge in [-0.3, -0.25) is 4.79 Å². The molecule has 5 nitrogen and oxygen atoms in total. The molecule has 1 amide bonds. The summed E-state index contributed by atoms with van der Waals surface area (Å²) in [6.45, 7) is 1.87. The zero-order chi connectivity index (χ0) is 16.9. The Bertz CT molecular complexity index is 711. The van der Waals surface area contributed by atoms with Crippen molar-refractivity contribution in [2.45, 2.75) is 45.1 Å². The van der Waals surface area contributed by atoms with Crippen LogP contribution in [0, 0.1) is 6.92 Å². The van der Waals surface area contributed by atoms with Gasteiger partial charge in [0.05, 0.1) is 0 Å². The second-order valence-electron chi connectivity index (χ2n) is 6.16. The van der Waals surface area contributed by atoms with Crippen LogP contribution in [0.1, 0.15) is 48.3 Å². The van der Waals surface area contributed by atoms with Crippen molar-refractivity contribution in [1.29, 1.82) is 0 Å². The van der Waals surface area contributed by atoms with E-state index in [1.54, 1.807) is 6.07 Å². The Kier molecular flexibility index (Phi) is 5.45. The molecular formula is C18H21BrN4O. The van der Waals surface area contributed by atoms with Crippen LogP contribution in [0.3, 0.4) is 0 Å². The number of benzene rings is 1. The van der Waals surface area contributed by atoms with Gasteiger partial charge in [-0.2, -0.15) is 0 Å². The minimum Gasteiger partial charge on any atom is -0.348 e. The summed E-state index contributed by atoms with van der Waals surface area (Å²) >= 11 is 3.41. The fourth-order valence-corrected chi connectivity index (χ4v) is 3.17. The van der Waals surface area contributed by atoms with Gasteiger partial charge >= 0.3 is 0 Å². The average Bonchev–Trinajstić information content (AvgIpc) is 2.57. The van der Waals surface area contributed by atoms with Gasteiger partial charge in [-0.25, -0.2) is 9.97 Å².